The van der Waals surface area contributed by atoms with E-state index in [1.807, 2.05) is 51.1 Å². The Morgan fingerprint density at radius 3 is 2.72 bits per heavy atom. The zero-order valence-corrected chi connectivity index (χ0v) is 18.4. The van der Waals surface area contributed by atoms with Gasteiger partial charge in [-0.05, 0) is 37.5 Å². The Kier molecular flexibility index (Phi) is 6.87. The Balaban J connectivity index is 1.60. The van der Waals surface area contributed by atoms with E-state index in [1.165, 1.54) is 11.8 Å². The molecule has 0 bridgehead atoms. The number of aryl methyl sites for hydroxylation is 2. The van der Waals surface area contributed by atoms with E-state index in [9.17, 15) is 9.59 Å². The Labute approximate surface area is 178 Å². The van der Waals surface area contributed by atoms with E-state index in [1.54, 1.807) is 6.92 Å². The lowest BCUT2D eigenvalue weighted by Gasteiger charge is -2.06. The molecule has 0 saturated carbocycles. The van der Waals surface area contributed by atoms with E-state index in [0.717, 1.165) is 32.8 Å². The topological polar surface area (TPSA) is 81.2 Å². The number of nitrogens with one attached hydrogen (secondary N) is 1. The van der Waals surface area contributed by atoms with Crippen LogP contribution < -0.4 is 5.32 Å². The number of thioether (sulfide) groups is 1. The molecule has 2 heterocycles. The number of hydrogen-bond acceptors (Lipinski definition) is 7. The number of carbonyl (C=O) groups excluding carboxylic acids is 2. The van der Waals surface area contributed by atoms with Gasteiger partial charge < -0.3 is 10.1 Å². The highest BCUT2D eigenvalue weighted by Gasteiger charge is 2.18. The Morgan fingerprint density at radius 2 is 1.97 bits per heavy atom. The molecule has 1 aromatic carbocycles. The predicted octanol–water partition coefficient (Wildman–Crippen LogP) is 4.85. The van der Waals surface area contributed by atoms with Crippen molar-refractivity contribution in [2.24, 2.45) is 5.92 Å². The Bertz CT molecular complexity index is 1050. The smallest absolute Gasteiger partial charge is 0.350 e. The number of carbonyl (C=O) groups is 2. The van der Waals surface area contributed by atoms with E-state index >= 15 is 0 Å². The van der Waals surface area contributed by atoms with Gasteiger partial charge in [0.15, 0.2) is 5.13 Å². The molecule has 1 N–H and O–H groups in total. The van der Waals surface area contributed by atoms with E-state index in [4.69, 9.17) is 4.74 Å². The van der Waals surface area contributed by atoms with Gasteiger partial charge in [0.2, 0.25) is 5.91 Å². The summed E-state index contributed by atoms with van der Waals surface area (Å²) in [5, 5.41) is 5.06. The summed E-state index contributed by atoms with van der Waals surface area (Å²) in [6.07, 6.45) is 0. The molecule has 0 radical (unpaired) electrons. The zero-order valence-electron chi connectivity index (χ0n) is 16.8. The summed E-state index contributed by atoms with van der Waals surface area (Å²) in [7, 11) is 0. The van der Waals surface area contributed by atoms with Gasteiger partial charge in [-0.15, -0.1) is 0 Å². The van der Waals surface area contributed by atoms with Crippen LogP contribution in [0.2, 0.25) is 0 Å². The first-order valence-electron chi connectivity index (χ1n) is 9.27. The number of ether oxygens (including phenoxy) is 1. The zero-order chi connectivity index (χ0) is 21.0. The molecular formula is C21H23N3O3S2. The largest absolute Gasteiger partial charge is 0.461 e. The van der Waals surface area contributed by atoms with Crippen molar-refractivity contribution in [2.45, 2.75) is 32.7 Å². The maximum atomic E-state index is 12.3. The van der Waals surface area contributed by atoms with Crippen molar-refractivity contribution in [3.63, 3.8) is 0 Å². The average Bonchev–Trinajstić information content (AvgIpc) is 3.04. The molecule has 0 aliphatic carbocycles. The van der Waals surface area contributed by atoms with Crippen molar-refractivity contribution in [3.05, 3.63) is 46.5 Å². The molecule has 0 fully saturated rings. The van der Waals surface area contributed by atoms with Crippen LogP contribution in [0.3, 0.4) is 0 Å². The van der Waals surface area contributed by atoms with Crippen LogP contribution >= 0.6 is 23.1 Å². The van der Waals surface area contributed by atoms with Gasteiger partial charge >= 0.3 is 5.97 Å². The number of rotatable bonds is 7. The predicted molar refractivity (Wildman–Crippen MR) is 118 cm³/mol. The summed E-state index contributed by atoms with van der Waals surface area (Å²) in [4.78, 5) is 33.8. The van der Waals surface area contributed by atoms with Gasteiger partial charge in [-0.3, -0.25) is 4.79 Å². The summed E-state index contributed by atoms with van der Waals surface area (Å²) in [6.45, 7) is 8.07. The number of pyridine rings is 1. The summed E-state index contributed by atoms with van der Waals surface area (Å²) < 4.78 is 5.25. The number of nitrogens with zero attached hydrogens (tertiary/aromatic N) is 2. The minimum absolute atomic E-state index is 0.196. The number of aromatic nitrogens is 2. The molecule has 0 aliphatic rings. The van der Waals surface area contributed by atoms with Crippen LogP contribution in [0.5, 0.6) is 0 Å². The highest BCUT2D eigenvalue weighted by Crippen LogP contribution is 2.26. The van der Waals surface area contributed by atoms with Gasteiger partial charge in [0, 0.05) is 5.39 Å². The monoisotopic (exact) mass is 429 g/mol. The van der Waals surface area contributed by atoms with Crippen LogP contribution in [0.25, 0.3) is 10.9 Å². The van der Waals surface area contributed by atoms with Crippen molar-refractivity contribution in [3.8, 4) is 0 Å². The number of benzene rings is 1. The molecule has 152 valence electrons. The number of esters is 1. The molecule has 3 aromatic rings. The third kappa shape index (κ3) is 5.55. The quantitative estimate of drug-likeness (QED) is 0.427. The van der Waals surface area contributed by atoms with Crippen LogP contribution in [0, 0.1) is 19.8 Å². The van der Waals surface area contributed by atoms with Gasteiger partial charge in [0.05, 0.1) is 28.6 Å². The molecule has 0 saturated heterocycles. The maximum Gasteiger partial charge on any atom is 0.350 e. The van der Waals surface area contributed by atoms with E-state index in [0.29, 0.717) is 22.3 Å². The fourth-order valence-corrected chi connectivity index (χ4v) is 4.29. The molecular weight excluding hydrogens is 406 g/mol. The van der Waals surface area contributed by atoms with Crippen LogP contribution in [0.15, 0.2) is 35.4 Å². The molecule has 0 atom stereocenters. The molecule has 29 heavy (non-hydrogen) atoms. The highest BCUT2D eigenvalue weighted by molar-refractivity contribution is 7.99. The van der Waals surface area contributed by atoms with Crippen LogP contribution in [0.1, 0.15) is 34.8 Å². The first-order chi connectivity index (χ1) is 13.8. The summed E-state index contributed by atoms with van der Waals surface area (Å²) in [5.74, 6) is -0.134. The maximum absolute atomic E-state index is 12.3. The third-order valence-corrected chi connectivity index (χ3v) is 5.99. The number of fused-ring (bicyclic) bond motifs is 1. The first kappa shape index (κ1) is 21.3. The fourth-order valence-electron chi connectivity index (χ4n) is 2.63. The van der Waals surface area contributed by atoms with Crippen molar-refractivity contribution >= 4 is 51.0 Å². The van der Waals surface area contributed by atoms with Crippen molar-refractivity contribution in [1.29, 1.82) is 0 Å². The second-order valence-electron chi connectivity index (χ2n) is 7.06. The minimum atomic E-state index is -0.403. The number of anilines is 1. The summed E-state index contributed by atoms with van der Waals surface area (Å²) >= 11 is 2.50. The molecule has 0 aliphatic heterocycles. The SMILES string of the molecule is Cc1nc(NC(=O)CSc2cc(C)c3ccccc3n2)sc1C(=O)OCC(C)C. The molecule has 0 unspecified atom stereocenters. The first-order valence-corrected chi connectivity index (χ1v) is 11.1. The van der Waals surface area contributed by atoms with E-state index in [2.05, 4.69) is 15.3 Å². The molecule has 0 spiro atoms. The lowest BCUT2D eigenvalue weighted by atomic mass is 10.1. The molecule has 3 rings (SSSR count). The van der Waals surface area contributed by atoms with Crippen molar-refractivity contribution in [1.82, 2.24) is 9.97 Å². The molecule has 6 nitrogen and oxygen atoms in total. The number of amides is 1. The van der Waals surface area contributed by atoms with Crippen molar-refractivity contribution < 1.29 is 14.3 Å². The van der Waals surface area contributed by atoms with Crippen LogP contribution in [-0.2, 0) is 9.53 Å². The van der Waals surface area contributed by atoms with E-state index < -0.39 is 5.97 Å². The Hall–Kier alpha value is -2.45. The number of para-hydroxylation sites is 1. The highest BCUT2D eigenvalue weighted by atomic mass is 32.2. The van der Waals surface area contributed by atoms with Gasteiger partial charge in [-0.2, -0.15) is 0 Å². The van der Waals surface area contributed by atoms with Gasteiger partial charge in [0.25, 0.3) is 0 Å². The lowest BCUT2D eigenvalue weighted by molar-refractivity contribution is -0.113. The van der Waals surface area contributed by atoms with Gasteiger partial charge in [0.1, 0.15) is 4.88 Å². The number of hydrogen-bond donors (Lipinski definition) is 1. The molecule has 2 aromatic heterocycles. The summed E-state index contributed by atoms with van der Waals surface area (Å²) in [5.41, 5.74) is 2.59. The third-order valence-electron chi connectivity index (χ3n) is 4.03. The normalized spacial score (nSPS) is 11.1. The molecule has 8 heteroatoms. The second-order valence-corrected chi connectivity index (χ2v) is 9.05. The van der Waals surface area contributed by atoms with Crippen LogP contribution in [-0.4, -0.2) is 34.2 Å². The van der Waals surface area contributed by atoms with E-state index in [-0.39, 0.29) is 17.6 Å². The Morgan fingerprint density at radius 1 is 1.21 bits per heavy atom. The van der Waals surface area contributed by atoms with Gasteiger partial charge in [-0.25, -0.2) is 14.8 Å². The second kappa shape index (κ2) is 9.37. The lowest BCUT2D eigenvalue weighted by Crippen LogP contribution is -2.14. The number of thiazole rings is 1. The minimum Gasteiger partial charge on any atom is -0.461 e. The molecule has 1 amide bonds. The summed E-state index contributed by atoms with van der Waals surface area (Å²) in [6, 6.07) is 9.92. The average molecular weight is 430 g/mol. The standard InChI is InChI=1S/C21H23N3O3S2/c1-12(2)10-27-20(26)19-14(4)22-21(29-19)24-17(25)11-28-18-9-13(3)15-7-5-6-8-16(15)23-18/h5-9,12H,10-11H2,1-4H3,(H,22,24,25). The van der Waals surface area contributed by atoms with Crippen molar-refractivity contribution in [2.75, 3.05) is 17.7 Å². The van der Waals surface area contributed by atoms with Crippen LogP contribution in [0.4, 0.5) is 5.13 Å². The fraction of sp³-hybridized carbons (Fsp3) is 0.333. The van der Waals surface area contributed by atoms with Gasteiger partial charge in [-0.1, -0.05) is 55.1 Å².